The maximum Gasteiger partial charge on any atom is 0.306 e. The fraction of sp³-hybridized carbons (Fsp3) is 0.805. The van der Waals surface area contributed by atoms with Crippen LogP contribution in [0.5, 0.6) is 0 Å². The Labute approximate surface area is 516 Å². The Morgan fingerprint density at radius 3 is 0.687 bits per heavy atom. The zero-order chi connectivity index (χ0) is 59.9. The van der Waals surface area contributed by atoms with Gasteiger partial charge in [0.2, 0.25) is 0 Å². The van der Waals surface area contributed by atoms with Gasteiger partial charge in [-0.3, -0.25) is 14.4 Å². The highest BCUT2D eigenvalue weighted by Crippen LogP contribution is 2.17. The van der Waals surface area contributed by atoms with E-state index in [9.17, 15) is 14.4 Å². The second-order valence-corrected chi connectivity index (χ2v) is 24.5. The monoisotopic (exact) mass is 1160 g/mol. The molecule has 0 aromatic rings. The van der Waals surface area contributed by atoms with Crippen LogP contribution in [0.25, 0.3) is 0 Å². The molecule has 0 aliphatic rings. The standard InChI is InChI=1S/C77H138O6/c1-4-7-10-13-16-19-22-25-28-31-33-35-37-38-40-41-43-46-49-52-55-58-61-64-67-70-76(79)82-73-74(72-81-75(78)69-66-63-60-57-54-51-48-45-30-27-24-21-18-15-12-9-6-3)83-77(80)71-68-65-62-59-56-53-50-47-44-42-39-36-34-32-29-26-23-20-17-14-11-8-5-2/h22-23,25-27,30-34,39,42,74H,4-21,24,28-29,35-38,40-41,43-73H2,1-3H3/b25-22-,26-23-,30-27-,33-31-,34-32-,42-39-. The highest BCUT2D eigenvalue weighted by molar-refractivity contribution is 5.71. The van der Waals surface area contributed by atoms with Gasteiger partial charge in [0.15, 0.2) is 6.10 Å². The van der Waals surface area contributed by atoms with Crippen LogP contribution >= 0.6 is 0 Å². The summed E-state index contributed by atoms with van der Waals surface area (Å²) < 4.78 is 17.0. The van der Waals surface area contributed by atoms with E-state index in [4.69, 9.17) is 14.2 Å². The smallest absolute Gasteiger partial charge is 0.306 e. The van der Waals surface area contributed by atoms with Gasteiger partial charge < -0.3 is 14.2 Å². The Bertz CT molecular complexity index is 1520. The van der Waals surface area contributed by atoms with Gasteiger partial charge in [-0.1, -0.05) is 318 Å². The number of rotatable bonds is 67. The lowest BCUT2D eigenvalue weighted by molar-refractivity contribution is -0.167. The maximum atomic E-state index is 13.0. The third-order valence-electron chi connectivity index (χ3n) is 16.2. The van der Waals surface area contributed by atoms with Gasteiger partial charge in [-0.25, -0.2) is 0 Å². The fourth-order valence-corrected chi connectivity index (χ4v) is 10.7. The van der Waals surface area contributed by atoms with E-state index in [0.29, 0.717) is 19.3 Å². The molecule has 1 unspecified atom stereocenters. The Morgan fingerprint density at radius 2 is 0.434 bits per heavy atom. The van der Waals surface area contributed by atoms with Crippen molar-refractivity contribution in [1.29, 1.82) is 0 Å². The predicted molar refractivity (Wildman–Crippen MR) is 362 cm³/mol. The van der Waals surface area contributed by atoms with Crippen LogP contribution < -0.4 is 0 Å². The van der Waals surface area contributed by atoms with Crippen molar-refractivity contribution in [2.24, 2.45) is 0 Å². The number of allylic oxidation sites excluding steroid dienone is 12. The molecule has 0 aliphatic heterocycles. The van der Waals surface area contributed by atoms with E-state index in [1.54, 1.807) is 0 Å². The second kappa shape index (κ2) is 71.3. The van der Waals surface area contributed by atoms with Crippen molar-refractivity contribution in [3.8, 4) is 0 Å². The largest absolute Gasteiger partial charge is 0.462 e. The lowest BCUT2D eigenvalue weighted by atomic mass is 10.0. The molecule has 0 N–H and O–H groups in total. The maximum absolute atomic E-state index is 13.0. The molecule has 0 heterocycles. The van der Waals surface area contributed by atoms with Gasteiger partial charge in [0.1, 0.15) is 13.2 Å². The lowest BCUT2D eigenvalue weighted by Crippen LogP contribution is -2.30. The third-order valence-corrected chi connectivity index (χ3v) is 16.2. The van der Waals surface area contributed by atoms with Crippen LogP contribution in [0.15, 0.2) is 72.9 Å². The summed E-state index contributed by atoms with van der Waals surface area (Å²) in [7, 11) is 0. The average Bonchev–Trinajstić information content (AvgIpc) is 3.49. The molecule has 0 radical (unpaired) electrons. The molecule has 0 aromatic carbocycles. The van der Waals surface area contributed by atoms with Crippen LogP contribution in [0.2, 0.25) is 0 Å². The molecule has 1 atom stereocenters. The number of ether oxygens (including phenoxy) is 3. The molecule has 0 saturated heterocycles. The van der Waals surface area contributed by atoms with Crippen molar-refractivity contribution in [2.45, 2.75) is 386 Å². The molecule has 0 rings (SSSR count). The van der Waals surface area contributed by atoms with Gasteiger partial charge >= 0.3 is 17.9 Å². The molecule has 0 fully saturated rings. The summed E-state index contributed by atoms with van der Waals surface area (Å²) >= 11 is 0. The van der Waals surface area contributed by atoms with Crippen molar-refractivity contribution < 1.29 is 28.6 Å². The number of unbranched alkanes of at least 4 members (excludes halogenated alkanes) is 44. The van der Waals surface area contributed by atoms with Gasteiger partial charge in [-0.2, -0.15) is 0 Å². The minimum atomic E-state index is -0.784. The molecule has 6 nitrogen and oxygen atoms in total. The van der Waals surface area contributed by atoms with E-state index in [1.165, 1.54) is 257 Å². The quantitative estimate of drug-likeness (QED) is 0.0261. The molecule has 482 valence electrons. The van der Waals surface area contributed by atoms with Crippen LogP contribution in [0.3, 0.4) is 0 Å². The molecular weight excluding hydrogens is 1020 g/mol. The topological polar surface area (TPSA) is 78.9 Å². The van der Waals surface area contributed by atoms with Gasteiger partial charge in [-0.05, 0) is 116 Å². The van der Waals surface area contributed by atoms with E-state index < -0.39 is 6.10 Å². The van der Waals surface area contributed by atoms with Crippen molar-refractivity contribution >= 4 is 17.9 Å². The number of carbonyl (C=O) groups excluding carboxylic acids is 3. The van der Waals surface area contributed by atoms with Crippen molar-refractivity contribution in [2.75, 3.05) is 13.2 Å². The molecule has 0 amide bonds. The zero-order valence-corrected chi connectivity index (χ0v) is 55.5. The van der Waals surface area contributed by atoms with E-state index in [2.05, 4.69) is 93.7 Å². The number of hydrogen-bond acceptors (Lipinski definition) is 6. The predicted octanol–water partition coefficient (Wildman–Crippen LogP) is 25.2. The molecule has 0 saturated carbocycles. The third kappa shape index (κ3) is 69.5. The minimum absolute atomic E-state index is 0.0778. The summed E-state index contributed by atoms with van der Waals surface area (Å²) in [4.78, 5) is 38.5. The molecule has 0 aliphatic carbocycles. The molecular formula is C77H138O6. The molecule has 0 bridgehead atoms. The highest BCUT2D eigenvalue weighted by Gasteiger charge is 2.19. The summed E-state index contributed by atoms with van der Waals surface area (Å²) in [5.74, 6) is -0.868. The number of carbonyl (C=O) groups is 3. The molecule has 0 aromatic heterocycles. The summed E-state index contributed by atoms with van der Waals surface area (Å²) in [6.45, 7) is 6.66. The molecule has 0 spiro atoms. The van der Waals surface area contributed by atoms with Gasteiger partial charge in [0, 0.05) is 19.3 Å². The van der Waals surface area contributed by atoms with E-state index in [0.717, 1.165) is 83.5 Å². The minimum Gasteiger partial charge on any atom is -0.462 e. The lowest BCUT2D eigenvalue weighted by Gasteiger charge is -2.18. The first-order chi connectivity index (χ1) is 41.0. The highest BCUT2D eigenvalue weighted by atomic mass is 16.6. The zero-order valence-electron chi connectivity index (χ0n) is 55.5. The van der Waals surface area contributed by atoms with E-state index in [1.807, 2.05) is 0 Å². The van der Waals surface area contributed by atoms with E-state index in [-0.39, 0.29) is 31.1 Å². The Kier molecular flexibility index (Phi) is 68.6. The number of hydrogen-bond donors (Lipinski definition) is 0. The summed E-state index contributed by atoms with van der Waals surface area (Å²) in [6, 6.07) is 0. The summed E-state index contributed by atoms with van der Waals surface area (Å²) in [6.07, 6.45) is 93.5. The molecule has 6 heteroatoms. The Balaban J connectivity index is 4.35. The normalized spacial score (nSPS) is 12.5. The number of esters is 3. The van der Waals surface area contributed by atoms with Gasteiger partial charge in [0.25, 0.3) is 0 Å². The summed E-state index contributed by atoms with van der Waals surface area (Å²) in [5.41, 5.74) is 0. The first kappa shape index (κ1) is 79.8. The first-order valence-electron chi connectivity index (χ1n) is 36.4. The van der Waals surface area contributed by atoms with Gasteiger partial charge in [0.05, 0.1) is 0 Å². The van der Waals surface area contributed by atoms with Crippen LogP contribution in [-0.4, -0.2) is 37.2 Å². The van der Waals surface area contributed by atoms with E-state index >= 15 is 0 Å². The van der Waals surface area contributed by atoms with Crippen LogP contribution in [0.1, 0.15) is 380 Å². The second-order valence-electron chi connectivity index (χ2n) is 24.5. The fourth-order valence-electron chi connectivity index (χ4n) is 10.7. The SMILES string of the molecule is CCCCCCC/C=C\C/C=C\C/C=C\CCCCCCCCCCC(=O)OC(COC(=O)CCCCCCCCC/C=C\CCCCCCCC)COC(=O)CCCCCCCCCCCCCCC/C=C\C/C=C\CCCCCCC. The first-order valence-corrected chi connectivity index (χ1v) is 36.4. The summed E-state index contributed by atoms with van der Waals surface area (Å²) in [5, 5.41) is 0. The average molecular weight is 1160 g/mol. The van der Waals surface area contributed by atoms with Gasteiger partial charge in [-0.15, -0.1) is 0 Å². The van der Waals surface area contributed by atoms with Crippen molar-refractivity contribution in [3.05, 3.63) is 72.9 Å². The van der Waals surface area contributed by atoms with Crippen LogP contribution in [-0.2, 0) is 28.6 Å². The van der Waals surface area contributed by atoms with Crippen molar-refractivity contribution in [1.82, 2.24) is 0 Å². The Morgan fingerprint density at radius 1 is 0.241 bits per heavy atom. The Hall–Kier alpha value is -3.15. The van der Waals surface area contributed by atoms with Crippen LogP contribution in [0, 0.1) is 0 Å². The molecule has 83 heavy (non-hydrogen) atoms. The van der Waals surface area contributed by atoms with Crippen LogP contribution in [0.4, 0.5) is 0 Å². The van der Waals surface area contributed by atoms with Crippen molar-refractivity contribution in [3.63, 3.8) is 0 Å².